The molecule has 0 radical (unpaired) electrons. The minimum Gasteiger partial charge on any atom is -0.491 e. The van der Waals surface area contributed by atoms with Gasteiger partial charge in [-0.25, -0.2) is 8.78 Å². The van der Waals surface area contributed by atoms with Gasteiger partial charge in [-0.05, 0) is 36.6 Å². The Labute approximate surface area is 172 Å². The van der Waals surface area contributed by atoms with Crippen LogP contribution in [0.25, 0.3) is 11.1 Å². The monoisotopic (exact) mass is 416 g/mol. The first-order valence-electron chi connectivity index (χ1n) is 9.86. The highest BCUT2D eigenvalue weighted by atomic mass is 19.2. The lowest BCUT2D eigenvalue weighted by Crippen LogP contribution is -2.10. The molecule has 1 heterocycles. The van der Waals surface area contributed by atoms with Crippen molar-refractivity contribution < 1.29 is 27.0 Å². The summed E-state index contributed by atoms with van der Waals surface area (Å²) in [6, 6.07) is 9.11. The second-order valence-corrected chi connectivity index (χ2v) is 7.17. The maximum atomic E-state index is 15.3. The SMILES string of the molecule is CCCc1ccc(-c2ccc3c(c2F)Oc2c(cc(OCC)c(F)c2F)C3)cc1F. The molecule has 1 aliphatic rings. The summed E-state index contributed by atoms with van der Waals surface area (Å²) in [5, 5.41) is 0. The Hall–Kier alpha value is -3.02. The quantitative estimate of drug-likeness (QED) is 0.328. The number of hydrogen-bond donors (Lipinski definition) is 0. The lowest BCUT2D eigenvalue weighted by atomic mass is 9.95. The van der Waals surface area contributed by atoms with Gasteiger partial charge in [-0.2, -0.15) is 8.78 Å². The Bertz CT molecular complexity index is 1120. The van der Waals surface area contributed by atoms with Crippen LogP contribution in [0.15, 0.2) is 36.4 Å². The normalized spacial score (nSPS) is 12.2. The van der Waals surface area contributed by atoms with Gasteiger partial charge in [0.25, 0.3) is 0 Å². The van der Waals surface area contributed by atoms with Gasteiger partial charge in [0, 0.05) is 23.1 Å². The zero-order chi connectivity index (χ0) is 21.4. The van der Waals surface area contributed by atoms with Gasteiger partial charge in [0.1, 0.15) is 5.82 Å². The van der Waals surface area contributed by atoms with Crippen LogP contribution >= 0.6 is 0 Å². The summed E-state index contributed by atoms with van der Waals surface area (Å²) in [6.45, 7) is 3.79. The molecule has 0 saturated carbocycles. The molecule has 156 valence electrons. The Morgan fingerprint density at radius 1 is 0.867 bits per heavy atom. The Morgan fingerprint density at radius 2 is 1.63 bits per heavy atom. The zero-order valence-corrected chi connectivity index (χ0v) is 16.6. The molecule has 30 heavy (non-hydrogen) atoms. The maximum absolute atomic E-state index is 15.3. The van der Waals surface area contributed by atoms with E-state index in [1.807, 2.05) is 6.92 Å². The fourth-order valence-corrected chi connectivity index (χ4v) is 3.70. The molecule has 0 atom stereocenters. The standard InChI is InChI=1S/C24H20F4O2/c1-3-5-13-6-7-14(11-18(13)25)17-9-8-15-10-16-12-19(29-4-2)21(27)22(28)24(16)30-23(15)20(17)26/h6-9,11-12H,3-5,10H2,1-2H3. The van der Waals surface area contributed by atoms with Crippen molar-refractivity contribution in [3.8, 4) is 28.4 Å². The van der Waals surface area contributed by atoms with Gasteiger partial charge in [0.15, 0.2) is 23.1 Å². The Kier molecular flexibility index (Phi) is 5.41. The highest BCUT2D eigenvalue weighted by molar-refractivity contribution is 5.69. The van der Waals surface area contributed by atoms with Crippen molar-refractivity contribution in [2.24, 2.45) is 0 Å². The first-order chi connectivity index (χ1) is 14.4. The average molecular weight is 416 g/mol. The minimum absolute atomic E-state index is 0.131. The van der Waals surface area contributed by atoms with Crippen LogP contribution in [0.1, 0.15) is 37.0 Å². The molecule has 0 aliphatic carbocycles. The van der Waals surface area contributed by atoms with Gasteiger partial charge in [0.2, 0.25) is 11.6 Å². The molecular formula is C24H20F4O2. The molecule has 2 nitrogen and oxygen atoms in total. The van der Waals surface area contributed by atoms with Crippen LogP contribution in [0, 0.1) is 23.3 Å². The lowest BCUT2D eigenvalue weighted by molar-refractivity contribution is 0.306. The van der Waals surface area contributed by atoms with Crippen molar-refractivity contribution in [2.45, 2.75) is 33.1 Å². The molecular weight excluding hydrogens is 396 g/mol. The van der Waals surface area contributed by atoms with E-state index in [-0.39, 0.29) is 35.8 Å². The second-order valence-electron chi connectivity index (χ2n) is 7.17. The average Bonchev–Trinajstić information content (AvgIpc) is 2.73. The van der Waals surface area contributed by atoms with Crippen LogP contribution in [0.5, 0.6) is 17.2 Å². The third-order valence-corrected chi connectivity index (χ3v) is 5.15. The highest BCUT2D eigenvalue weighted by Gasteiger charge is 2.29. The van der Waals surface area contributed by atoms with Crippen molar-refractivity contribution in [3.05, 3.63) is 76.4 Å². The van der Waals surface area contributed by atoms with E-state index in [1.54, 1.807) is 31.2 Å². The molecule has 4 rings (SSSR count). The summed E-state index contributed by atoms with van der Waals surface area (Å²) in [7, 11) is 0. The van der Waals surface area contributed by atoms with Crippen molar-refractivity contribution in [1.29, 1.82) is 0 Å². The van der Waals surface area contributed by atoms with Crippen molar-refractivity contribution in [1.82, 2.24) is 0 Å². The number of halogens is 4. The van der Waals surface area contributed by atoms with Gasteiger partial charge >= 0.3 is 0 Å². The van der Waals surface area contributed by atoms with E-state index in [1.165, 1.54) is 12.1 Å². The molecule has 0 unspecified atom stereocenters. The van der Waals surface area contributed by atoms with Crippen molar-refractivity contribution in [2.75, 3.05) is 6.61 Å². The molecule has 0 saturated heterocycles. The summed E-state index contributed by atoms with van der Waals surface area (Å²) in [5.74, 6) is -4.29. The third-order valence-electron chi connectivity index (χ3n) is 5.15. The minimum atomic E-state index is -1.22. The first kappa shape index (κ1) is 20.3. The number of benzene rings is 3. The molecule has 0 N–H and O–H groups in total. The topological polar surface area (TPSA) is 18.5 Å². The first-order valence-corrected chi connectivity index (χ1v) is 9.86. The van der Waals surface area contributed by atoms with E-state index in [0.29, 0.717) is 28.7 Å². The van der Waals surface area contributed by atoms with Gasteiger partial charge in [0.05, 0.1) is 6.61 Å². The molecule has 0 bridgehead atoms. The van der Waals surface area contributed by atoms with Crippen LogP contribution < -0.4 is 9.47 Å². The zero-order valence-electron chi connectivity index (χ0n) is 16.6. The van der Waals surface area contributed by atoms with Crippen LogP contribution in [0.2, 0.25) is 0 Å². The van der Waals surface area contributed by atoms with Crippen molar-refractivity contribution in [3.63, 3.8) is 0 Å². The predicted octanol–water partition coefficient (Wildman–Crippen LogP) is 6.96. The number of rotatable bonds is 5. The van der Waals surface area contributed by atoms with E-state index in [9.17, 15) is 13.2 Å². The number of aryl methyl sites for hydroxylation is 1. The Balaban J connectivity index is 1.75. The van der Waals surface area contributed by atoms with E-state index in [4.69, 9.17) is 9.47 Å². The molecule has 0 amide bonds. The number of fused-ring (bicyclic) bond motifs is 2. The fourth-order valence-electron chi connectivity index (χ4n) is 3.70. The highest BCUT2D eigenvalue weighted by Crippen LogP contribution is 2.44. The van der Waals surface area contributed by atoms with Crippen molar-refractivity contribution >= 4 is 0 Å². The van der Waals surface area contributed by atoms with Crippen LogP contribution in [-0.4, -0.2) is 6.61 Å². The summed E-state index contributed by atoms with van der Waals surface area (Å²) in [5.41, 5.74) is 1.89. The molecule has 3 aromatic rings. The second kappa shape index (κ2) is 8.01. The van der Waals surface area contributed by atoms with E-state index >= 15 is 4.39 Å². The third kappa shape index (κ3) is 3.40. The summed E-state index contributed by atoms with van der Waals surface area (Å²) < 4.78 is 68.9. The van der Waals surface area contributed by atoms with Crippen LogP contribution in [0.4, 0.5) is 17.6 Å². The van der Waals surface area contributed by atoms with Gasteiger partial charge in [-0.15, -0.1) is 0 Å². The molecule has 3 aromatic carbocycles. The largest absolute Gasteiger partial charge is 0.491 e. The maximum Gasteiger partial charge on any atom is 0.205 e. The van der Waals surface area contributed by atoms with E-state index < -0.39 is 23.3 Å². The number of ether oxygens (including phenoxy) is 2. The summed E-state index contributed by atoms with van der Waals surface area (Å²) >= 11 is 0. The predicted molar refractivity (Wildman–Crippen MR) is 106 cm³/mol. The Morgan fingerprint density at radius 3 is 2.33 bits per heavy atom. The van der Waals surface area contributed by atoms with E-state index in [2.05, 4.69) is 0 Å². The molecule has 6 heteroatoms. The molecule has 1 aliphatic heterocycles. The van der Waals surface area contributed by atoms with Gasteiger partial charge in [-0.1, -0.05) is 37.6 Å². The lowest BCUT2D eigenvalue weighted by Gasteiger charge is -2.23. The van der Waals surface area contributed by atoms with Gasteiger partial charge < -0.3 is 9.47 Å². The van der Waals surface area contributed by atoms with Gasteiger partial charge in [-0.3, -0.25) is 0 Å². The number of hydrogen-bond acceptors (Lipinski definition) is 2. The van der Waals surface area contributed by atoms with E-state index in [0.717, 1.165) is 6.42 Å². The molecule has 0 spiro atoms. The molecule has 0 fully saturated rings. The van der Waals surface area contributed by atoms with Crippen LogP contribution in [-0.2, 0) is 12.8 Å². The smallest absolute Gasteiger partial charge is 0.205 e. The summed E-state index contributed by atoms with van der Waals surface area (Å²) in [4.78, 5) is 0. The van der Waals surface area contributed by atoms with Crippen LogP contribution in [0.3, 0.4) is 0 Å². The molecule has 0 aromatic heterocycles. The fraction of sp³-hybridized carbons (Fsp3) is 0.250. The summed E-state index contributed by atoms with van der Waals surface area (Å²) in [6.07, 6.45) is 1.54.